The van der Waals surface area contributed by atoms with Crippen molar-refractivity contribution in [3.05, 3.63) is 47.7 Å². The number of urea groups is 1. The molecule has 0 atom stereocenters. The summed E-state index contributed by atoms with van der Waals surface area (Å²) in [6.07, 6.45) is -5.36. The number of hydrogen-bond acceptors (Lipinski definition) is 3. The van der Waals surface area contributed by atoms with E-state index in [4.69, 9.17) is 0 Å². The number of carbonyl (C=O) groups excluding carboxylic acids is 1. The van der Waals surface area contributed by atoms with E-state index < -0.39 is 35.2 Å². The molecule has 30 heavy (non-hydrogen) atoms. The van der Waals surface area contributed by atoms with Gasteiger partial charge in [-0.25, -0.2) is 9.78 Å². The van der Waals surface area contributed by atoms with Crippen LogP contribution in [0.1, 0.15) is 30.4 Å². The first kappa shape index (κ1) is 21.7. The molecule has 3 rings (SSSR count). The molecule has 0 unspecified atom stereocenters. The first-order valence-corrected chi connectivity index (χ1v) is 9.11. The molecule has 0 aliphatic carbocycles. The molecular formula is C19H18F6N4O. The lowest BCUT2D eigenvalue weighted by atomic mass is 10.1. The zero-order valence-corrected chi connectivity index (χ0v) is 15.6. The maximum Gasteiger partial charge on any atom is 0.416 e. The zero-order chi connectivity index (χ0) is 21.9. The fourth-order valence-electron chi connectivity index (χ4n) is 3.09. The Morgan fingerprint density at radius 1 is 0.833 bits per heavy atom. The van der Waals surface area contributed by atoms with Crippen LogP contribution >= 0.6 is 0 Å². The molecule has 2 N–H and O–H groups in total. The fourth-order valence-corrected chi connectivity index (χ4v) is 3.09. The Morgan fingerprint density at radius 2 is 1.40 bits per heavy atom. The maximum absolute atomic E-state index is 12.9. The normalized spacial score (nSPS) is 15.1. The van der Waals surface area contributed by atoms with Crippen LogP contribution in [0.4, 0.5) is 48.3 Å². The summed E-state index contributed by atoms with van der Waals surface area (Å²) in [5.74, 6) is 0.730. The fraction of sp³-hybridized carbons (Fsp3) is 0.368. The Bertz CT molecular complexity index is 857. The smallest absolute Gasteiger partial charge is 0.357 e. The molecule has 0 saturated carbocycles. The van der Waals surface area contributed by atoms with E-state index in [1.807, 2.05) is 5.32 Å². The summed E-state index contributed by atoms with van der Waals surface area (Å²) in [4.78, 5) is 18.4. The standard InChI is InChI=1S/C19H18F6N4O/c20-18(21,22)12-8-13(19(23,24)25)10-15(9-12)28-17(30)27-14-4-5-16(26-11-14)29-6-2-1-3-7-29/h4-5,8-11H,1-3,6-7H2,(H2,27,28,30). The van der Waals surface area contributed by atoms with Gasteiger partial charge in [-0.1, -0.05) is 0 Å². The SMILES string of the molecule is O=C(Nc1ccc(N2CCCCC2)nc1)Nc1cc(C(F)(F)F)cc(C(F)(F)F)c1. The number of rotatable bonds is 3. The topological polar surface area (TPSA) is 57.3 Å². The minimum absolute atomic E-state index is 0.00761. The summed E-state index contributed by atoms with van der Waals surface area (Å²) in [6, 6.07) is 3.12. The van der Waals surface area contributed by atoms with Gasteiger partial charge in [0.05, 0.1) is 23.0 Å². The Labute approximate surface area is 168 Å². The average Bonchev–Trinajstić information content (AvgIpc) is 2.67. The van der Waals surface area contributed by atoms with Gasteiger partial charge in [0.25, 0.3) is 0 Å². The number of aromatic nitrogens is 1. The van der Waals surface area contributed by atoms with Crippen molar-refractivity contribution in [3.8, 4) is 0 Å². The van der Waals surface area contributed by atoms with E-state index in [9.17, 15) is 31.1 Å². The van der Waals surface area contributed by atoms with Crippen LogP contribution in [0.15, 0.2) is 36.5 Å². The minimum atomic E-state index is -5.00. The number of pyridine rings is 1. The summed E-state index contributed by atoms with van der Waals surface area (Å²) in [5, 5.41) is 4.35. The van der Waals surface area contributed by atoms with Crippen LogP contribution in [0.5, 0.6) is 0 Å². The van der Waals surface area contributed by atoms with Gasteiger partial charge in [0.2, 0.25) is 0 Å². The van der Waals surface area contributed by atoms with E-state index in [1.54, 1.807) is 12.1 Å². The van der Waals surface area contributed by atoms with Gasteiger partial charge in [-0.3, -0.25) is 0 Å². The first-order chi connectivity index (χ1) is 14.0. The third kappa shape index (κ3) is 5.55. The second-order valence-corrected chi connectivity index (χ2v) is 6.83. The summed E-state index contributed by atoms with van der Waals surface area (Å²) in [6.45, 7) is 1.74. The van der Waals surface area contributed by atoms with Gasteiger partial charge in [-0.05, 0) is 49.6 Å². The van der Waals surface area contributed by atoms with Crippen molar-refractivity contribution in [1.29, 1.82) is 0 Å². The van der Waals surface area contributed by atoms with Gasteiger partial charge >= 0.3 is 18.4 Å². The maximum atomic E-state index is 12.9. The van der Waals surface area contributed by atoms with Gasteiger partial charge in [-0.2, -0.15) is 26.3 Å². The number of hydrogen-bond donors (Lipinski definition) is 2. The van der Waals surface area contributed by atoms with Gasteiger partial charge in [0.15, 0.2) is 0 Å². The average molecular weight is 432 g/mol. The van der Waals surface area contributed by atoms with Crippen molar-refractivity contribution in [2.45, 2.75) is 31.6 Å². The monoisotopic (exact) mass is 432 g/mol. The lowest BCUT2D eigenvalue weighted by Crippen LogP contribution is -2.30. The number of nitrogens with one attached hydrogen (secondary N) is 2. The molecule has 11 heteroatoms. The molecule has 0 radical (unpaired) electrons. The Balaban J connectivity index is 1.71. The largest absolute Gasteiger partial charge is 0.416 e. The highest BCUT2D eigenvalue weighted by Crippen LogP contribution is 2.37. The van der Waals surface area contributed by atoms with E-state index in [2.05, 4.69) is 15.2 Å². The van der Waals surface area contributed by atoms with Crippen molar-refractivity contribution in [1.82, 2.24) is 4.98 Å². The molecule has 1 aromatic heterocycles. The number of anilines is 3. The van der Waals surface area contributed by atoms with E-state index in [1.165, 1.54) is 6.20 Å². The van der Waals surface area contributed by atoms with Crippen LogP contribution < -0.4 is 15.5 Å². The molecule has 1 saturated heterocycles. The Hall–Kier alpha value is -2.98. The number of nitrogens with zero attached hydrogens (tertiary/aromatic N) is 2. The number of halogens is 6. The van der Waals surface area contributed by atoms with Gasteiger partial charge in [0.1, 0.15) is 5.82 Å². The molecule has 0 spiro atoms. The number of carbonyl (C=O) groups is 1. The molecule has 0 bridgehead atoms. The number of piperidine rings is 1. The summed E-state index contributed by atoms with van der Waals surface area (Å²) in [7, 11) is 0. The second kappa shape index (κ2) is 8.41. The number of alkyl halides is 6. The van der Waals surface area contributed by atoms with E-state index in [-0.39, 0.29) is 11.8 Å². The van der Waals surface area contributed by atoms with Crippen LogP contribution in [0.25, 0.3) is 0 Å². The Morgan fingerprint density at radius 3 is 1.90 bits per heavy atom. The van der Waals surface area contributed by atoms with E-state index in [0.717, 1.165) is 38.2 Å². The Kier molecular flexibility index (Phi) is 6.09. The van der Waals surface area contributed by atoms with Crippen LogP contribution in [-0.4, -0.2) is 24.1 Å². The number of benzene rings is 1. The predicted octanol–water partition coefficient (Wildman–Crippen LogP) is 5.75. The van der Waals surface area contributed by atoms with Crippen LogP contribution in [0.3, 0.4) is 0 Å². The highest BCUT2D eigenvalue weighted by Gasteiger charge is 2.37. The second-order valence-electron chi connectivity index (χ2n) is 6.83. The highest BCUT2D eigenvalue weighted by molar-refractivity contribution is 5.99. The molecule has 1 aliphatic rings. The van der Waals surface area contributed by atoms with E-state index >= 15 is 0 Å². The zero-order valence-electron chi connectivity index (χ0n) is 15.6. The predicted molar refractivity (Wildman–Crippen MR) is 99.4 cm³/mol. The van der Waals surface area contributed by atoms with Crippen molar-refractivity contribution in [3.63, 3.8) is 0 Å². The van der Waals surface area contributed by atoms with Gasteiger partial charge < -0.3 is 15.5 Å². The summed E-state index contributed by atoms with van der Waals surface area (Å²) < 4.78 is 77.4. The van der Waals surface area contributed by atoms with Crippen molar-refractivity contribution < 1.29 is 31.1 Å². The third-order valence-corrected chi connectivity index (χ3v) is 4.53. The van der Waals surface area contributed by atoms with Crippen LogP contribution in [0.2, 0.25) is 0 Å². The first-order valence-electron chi connectivity index (χ1n) is 9.11. The third-order valence-electron chi connectivity index (χ3n) is 4.53. The summed E-state index contributed by atoms with van der Waals surface area (Å²) in [5.41, 5.74) is -3.41. The quantitative estimate of drug-likeness (QED) is 0.607. The lowest BCUT2D eigenvalue weighted by Gasteiger charge is -2.27. The molecular weight excluding hydrogens is 414 g/mol. The van der Waals surface area contributed by atoms with Crippen molar-refractivity contribution in [2.24, 2.45) is 0 Å². The van der Waals surface area contributed by atoms with Crippen molar-refractivity contribution in [2.75, 3.05) is 28.6 Å². The molecule has 2 heterocycles. The van der Waals surface area contributed by atoms with E-state index in [0.29, 0.717) is 12.1 Å². The van der Waals surface area contributed by atoms with Gasteiger partial charge in [-0.15, -0.1) is 0 Å². The highest BCUT2D eigenvalue weighted by atomic mass is 19.4. The lowest BCUT2D eigenvalue weighted by molar-refractivity contribution is -0.143. The minimum Gasteiger partial charge on any atom is -0.357 e. The van der Waals surface area contributed by atoms with Gasteiger partial charge in [0, 0.05) is 18.8 Å². The number of amides is 2. The molecule has 2 aromatic rings. The van der Waals surface area contributed by atoms with Crippen molar-refractivity contribution >= 4 is 23.2 Å². The molecule has 1 fully saturated rings. The van der Waals surface area contributed by atoms with Crippen LogP contribution in [0, 0.1) is 0 Å². The van der Waals surface area contributed by atoms with Crippen LogP contribution in [-0.2, 0) is 12.4 Å². The molecule has 1 aromatic carbocycles. The molecule has 1 aliphatic heterocycles. The molecule has 5 nitrogen and oxygen atoms in total. The molecule has 162 valence electrons. The molecule has 2 amide bonds. The summed E-state index contributed by atoms with van der Waals surface area (Å²) >= 11 is 0.